The molecule has 0 unspecified atom stereocenters. The molecule has 0 saturated heterocycles. The Morgan fingerprint density at radius 3 is 2.32 bits per heavy atom. The minimum atomic E-state index is 1.06. The van der Waals surface area contributed by atoms with Crippen LogP contribution in [-0.2, 0) is 0 Å². The molecule has 2 aromatic carbocycles. The molecule has 5 heteroatoms. The van der Waals surface area contributed by atoms with Gasteiger partial charge in [-0.05, 0) is 68.3 Å². The molecule has 1 aromatic heterocycles. The summed E-state index contributed by atoms with van der Waals surface area (Å²) in [5.41, 5.74) is 1.13. The summed E-state index contributed by atoms with van der Waals surface area (Å²) >= 11 is 12.3. The van der Waals surface area contributed by atoms with E-state index in [2.05, 4.69) is 95.4 Å². The van der Waals surface area contributed by atoms with Crippen LogP contribution in [0.25, 0.3) is 10.9 Å². The van der Waals surface area contributed by atoms with Crippen LogP contribution in [-0.4, -0.2) is 4.98 Å². The van der Waals surface area contributed by atoms with Crippen molar-refractivity contribution in [3.05, 3.63) is 56.0 Å². The van der Waals surface area contributed by atoms with Gasteiger partial charge in [-0.25, -0.2) is 0 Å². The fourth-order valence-electron chi connectivity index (χ4n) is 1.81. The standard InChI is InChI=1S/C14H8Br3NS/c15-8-1-3-9(4-2-8)19-14-7-18-13-6-12(17)11(16)5-10(13)14/h1-7,18H. The molecule has 3 aromatic rings. The number of H-pyrrole nitrogens is 1. The lowest BCUT2D eigenvalue weighted by Gasteiger charge is -2.02. The lowest BCUT2D eigenvalue weighted by atomic mass is 10.2. The van der Waals surface area contributed by atoms with Gasteiger partial charge in [0.25, 0.3) is 0 Å². The third kappa shape index (κ3) is 2.94. The van der Waals surface area contributed by atoms with Crippen molar-refractivity contribution in [3.63, 3.8) is 0 Å². The number of rotatable bonds is 2. The van der Waals surface area contributed by atoms with Gasteiger partial charge in [0, 0.05) is 40.3 Å². The van der Waals surface area contributed by atoms with Gasteiger partial charge >= 0.3 is 0 Å². The molecule has 1 nitrogen and oxygen atoms in total. The molecule has 19 heavy (non-hydrogen) atoms. The van der Waals surface area contributed by atoms with Gasteiger partial charge in [-0.1, -0.05) is 27.7 Å². The summed E-state index contributed by atoms with van der Waals surface area (Å²) in [5, 5.41) is 1.22. The van der Waals surface area contributed by atoms with E-state index in [0.29, 0.717) is 0 Å². The molecule has 0 bridgehead atoms. The van der Waals surface area contributed by atoms with Gasteiger partial charge in [-0.3, -0.25) is 0 Å². The first-order valence-electron chi connectivity index (χ1n) is 5.53. The highest BCUT2D eigenvalue weighted by Crippen LogP contribution is 2.37. The molecular weight excluding hydrogens is 454 g/mol. The van der Waals surface area contributed by atoms with Gasteiger partial charge in [0.15, 0.2) is 0 Å². The van der Waals surface area contributed by atoms with E-state index in [1.807, 2.05) is 0 Å². The number of halogens is 3. The number of benzene rings is 2. The fraction of sp³-hybridized carbons (Fsp3) is 0. The van der Waals surface area contributed by atoms with E-state index < -0.39 is 0 Å². The zero-order chi connectivity index (χ0) is 13.4. The smallest absolute Gasteiger partial charge is 0.0477 e. The van der Waals surface area contributed by atoms with Crippen molar-refractivity contribution >= 4 is 70.5 Å². The van der Waals surface area contributed by atoms with Crippen molar-refractivity contribution in [2.45, 2.75) is 9.79 Å². The van der Waals surface area contributed by atoms with E-state index in [9.17, 15) is 0 Å². The van der Waals surface area contributed by atoms with Crippen LogP contribution in [0.15, 0.2) is 65.8 Å². The van der Waals surface area contributed by atoms with Crippen molar-refractivity contribution in [1.82, 2.24) is 4.98 Å². The van der Waals surface area contributed by atoms with Crippen LogP contribution < -0.4 is 0 Å². The molecule has 96 valence electrons. The Morgan fingerprint density at radius 1 is 0.895 bits per heavy atom. The molecule has 0 aliphatic rings. The Morgan fingerprint density at radius 2 is 1.58 bits per heavy atom. The number of nitrogens with one attached hydrogen (secondary N) is 1. The number of fused-ring (bicyclic) bond motifs is 1. The van der Waals surface area contributed by atoms with Crippen LogP contribution in [0.5, 0.6) is 0 Å². The summed E-state index contributed by atoms with van der Waals surface area (Å²) in [7, 11) is 0. The number of aromatic amines is 1. The van der Waals surface area contributed by atoms with Crippen LogP contribution in [0.1, 0.15) is 0 Å². The zero-order valence-electron chi connectivity index (χ0n) is 9.58. The average Bonchev–Trinajstić information content (AvgIpc) is 2.76. The highest BCUT2D eigenvalue weighted by molar-refractivity contribution is 9.13. The molecule has 0 spiro atoms. The molecule has 0 radical (unpaired) electrons. The first-order chi connectivity index (χ1) is 9.13. The van der Waals surface area contributed by atoms with Crippen LogP contribution in [0, 0.1) is 0 Å². The molecule has 0 atom stereocenters. The summed E-state index contributed by atoms with van der Waals surface area (Å²) in [5.74, 6) is 0. The minimum absolute atomic E-state index is 1.06. The van der Waals surface area contributed by atoms with Crippen molar-refractivity contribution < 1.29 is 0 Å². The van der Waals surface area contributed by atoms with Gasteiger partial charge in [0.05, 0.1) is 0 Å². The maximum absolute atomic E-state index is 3.55. The second-order valence-corrected chi connectivity index (χ2v) is 7.76. The Labute approximate surface area is 140 Å². The number of aromatic nitrogens is 1. The molecule has 0 fully saturated rings. The van der Waals surface area contributed by atoms with Crippen molar-refractivity contribution in [1.29, 1.82) is 0 Å². The molecule has 3 rings (SSSR count). The second-order valence-electron chi connectivity index (χ2n) is 4.02. The summed E-state index contributed by atoms with van der Waals surface area (Å²) in [6.07, 6.45) is 2.05. The molecule has 1 heterocycles. The highest BCUT2D eigenvalue weighted by atomic mass is 79.9. The molecular formula is C14H8Br3NS. The quantitative estimate of drug-likeness (QED) is 0.454. The van der Waals surface area contributed by atoms with E-state index >= 15 is 0 Å². The molecule has 0 aliphatic heterocycles. The minimum Gasteiger partial charge on any atom is -0.360 e. The van der Waals surface area contributed by atoms with Gasteiger partial charge in [-0.2, -0.15) is 0 Å². The van der Waals surface area contributed by atoms with Gasteiger partial charge in [-0.15, -0.1) is 0 Å². The lowest BCUT2D eigenvalue weighted by Crippen LogP contribution is -1.74. The second kappa shape index (κ2) is 5.64. The third-order valence-corrected chi connectivity index (χ3v) is 6.16. The van der Waals surface area contributed by atoms with Crippen LogP contribution in [0.3, 0.4) is 0 Å². The van der Waals surface area contributed by atoms with Crippen molar-refractivity contribution in [2.75, 3.05) is 0 Å². The van der Waals surface area contributed by atoms with Crippen LogP contribution in [0.2, 0.25) is 0 Å². The van der Waals surface area contributed by atoms with E-state index in [1.165, 1.54) is 15.2 Å². The Kier molecular flexibility index (Phi) is 4.08. The Hall–Kier alpha value is -0.230. The number of hydrogen-bond acceptors (Lipinski definition) is 1. The normalized spacial score (nSPS) is 11.1. The van der Waals surface area contributed by atoms with E-state index in [1.54, 1.807) is 11.8 Å². The zero-order valence-corrected chi connectivity index (χ0v) is 15.2. The van der Waals surface area contributed by atoms with Gasteiger partial charge < -0.3 is 4.98 Å². The summed E-state index contributed by atoms with van der Waals surface area (Å²) in [6.45, 7) is 0. The lowest BCUT2D eigenvalue weighted by molar-refractivity contribution is 1.39. The Bertz CT molecular complexity index is 734. The Balaban J connectivity index is 2.01. The molecule has 0 aliphatic carbocycles. The van der Waals surface area contributed by atoms with Crippen LogP contribution in [0.4, 0.5) is 0 Å². The summed E-state index contributed by atoms with van der Waals surface area (Å²) < 4.78 is 3.22. The third-order valence-electron chi connectivity index (χ3n) is 2.73. The fourth-order valence-corrected chi connectivity index (χ4v) is 3.68. The first kappa shape index (κ1) is 13.7. The topological polar surface area (TPSA) is 15.8 Å². The van der Waals surface area contributed by atoms with E-state index in [-0.39, 0.29) is 0 Å². The SMILES string of the molecule is Brc1ccc(Sc2c[nH]c3cc(Br)c(Br)cc23)cc1. The van der Waals surface area contributed by atoms with Crippen molar-refractivity contribution in [2.24, 2.45) is 0 Å². The average molecular weight is 462 g/mol. The molecule has 0 saturated carbocycles. The molecule has 0 amide bonds. The predicted octanol–water partition coefficient (Wildman–Crippen LogP) is 6.61. The largest absolute Gasteiger partial charge is 0.360 e. The number of hydrogen-bond donors (Lipinski definition) is 1. The first-order valence-corrected chi connectivity index (χ1v) is 8.72. The van der Waals surface area contributed by atoms with Gasteiger partial charge in [0.2, 0.25) is 0 Å². The highest BCUT2D eigenvalue weighted by Gasteiger charge is 2.08. The summed E-state index contributed by atoms with van der Waals surface area (Å²) in [6, 6.07) is 12.6. The van der Waals surface area contributed by atoms with Crippen molar-refractivity contribution in [3.8, 4) is 0 Å². The van der Waals surface area contributed by atoms with Crippen LogP contribution >= 0.6 is 59.6 Å². The summed E-state index contributed by atoms with van der Waals surface area (Å²) in [4.78, 5) is 5.76. The molecule has 1 N–H and O–H groups in total. The van der Waals surface area contributed by atoms with Gasteiger partial charge in [0.1, 0.15) is 0 Å². The van der Waals surface area contributed by atoms with E-state index in [0.717, 1.165) is 18.9 Å². The maximum Gasteiger partial charge on any atom is 0.0477 e. The predicted molar refractivity (Wildman–Crippen MR) is 92.0 cm³/mol. The monoisotopic (exact) mass is 459 g/mol. The maximum atomic E-state index is 3.55. The van der Waals surface area contributed by atoms with E-state index in [4.69, 9.17) is 0 Å².